The summed E-state index contributed by atoms with van der Waals surface area (Å²) >= 11 is 0. The number of hydrogen-bond acceptors (Lipinski definition) is 3. The van der Waals surface area contributed by atoms with Crippen LogP contribution in [0.25, 0.3) is 0 Å². The highest BCUT2D eigenvalue weighted by atomic mass is 16.5. The van der Waals surface area contributed by atoms with E-state index in [4.69, 9.17) is 0 Å². The third-order valence-corrected chi connectivity index (χ3v) is 2.42. The van der Waals surface area contributed by atoms with E-state index in [1.54, 1.807) is 35.2 Å². The Kier molecular flexibility index (Phi) is 4.68. The molecule has 1 aromatic heterocycles. The summed E-state index contributed by atoms with van der Waals surface area (Å²) in [6.45, 7) is 0.524. The number of amides is 1. The van der Waals surface area contributed by atoms with Crippen molar-refractivity contribution in [2.75, 3.05) is 20.7 Å². The number of hydrogen-bond donors (Lipinski definition) is 0. The Hall–Kier alpha value is -1.85. The molecular weight excluding hydrogens is 222 g/mol. The Morgan fingerprint density at radius 1 is 1.47 bits per heavy atom. The van der Waals surface area contributed by atoms with Crippen LogP contribution in [0.2, 0.25) is 0 Å². The fourth-order valence-electron chi connectivity index (χ4n) is 1.42. The van der Waals surface area contributed by atoms with Crippen molar-refractivity contribution < 1.29 is 18.9 Å². The molecule has 17 heavy (non-hydrogen) atoms. The molecule has 0 N–H and O–H groups in total. The van der Waals surface area contributed by atoms with Gasteiger partial charge in [-0.2, -0.15) is 4.57 Å². The lowest BCUT2D eigenvalue weighted by molar-refractivity contribution is -0.670. The van der Waals surface area contributed by atoms with Gasteiger partial charge in [-0.15, -0.1) is 0 Å². The van der Waals surface area contributed by atoms with E-state index in [2.05, 4.69) is 4.74 Å². The van der Waals surface area contributed by atoms with E-state index in [-0.39, 0.29) is 12.0 Å². The first-order chi connectivity index (χ1) is 8.04. The van der Waals surface area contributed by atoms with Crippen molar-refractivity contribution in [1.82, 2.24) is 9.47 Å². The van der Waals surface area contributed by atoms with Gasteiger partial charge in [0.2, 0.25) is 0 Å². The number of carbonyl (C=O) groups is 2. The zero-order chi connectivity index (χ0) is 12.8. The van der Waals surface area contributed by atoms with Gasteiger partial charge in [-0.25, -0.2) is 9.36 Å². The lowest BCUT2D eigenvalue weighted by atomic mass is 10.3. The largest absolute Gasteiger partial charge is 0.469 e. The number of ether oxygens (including phenoxy) is 1. The quantitative estimate of drug-likeness (QED) is 0.556. The number of aryl methyl sites for hydroxylation is 1. The summed E-state index contributed by atoms with van der Waals surface area (Å²) in [5.74, 6) is -0.252. The summed E-state index contributed by atoms with van der Waals surface area (Å²) in [7, 11) is 4.91. The summed E-state index contributed by atoms with van der Waals surface area (Å²) < 4.78 is 7.82. The molecule has 1 heterocycles. The van der Waals surface area contributed by atoms with Crippen LogP contribution in [0.15, 0.2) is 18.7 Å². The highest BCUT2D eigenvalue weighted by Gasteiger charge is 2.16. The molecule has 0 aliphatic rings. The Labute approximate surface area is 100 Å². The van der Waals surface area contributed by atoms with Gasteiger partial charge in [0.15, 0.2) is 0 Å². The fraction of sp³-hybridized carbons (Fsp3) is 0.545. The van der Waals surface area contributed by atoms with E-state index in [1.165, 1.54) is 11.7 Å². The van der Waals surface area contributed by atoms with Crippen LogP contribution < -0.4 is 4.57 Å². The van der Waals surface area contributed by atoms with Crippen LogP contribution in [-0.2, 0) is 16.6 Å². The molecule has 0 saturated carbocycles. The lowest BCUT2D eigenvalue weighted by Crippen LogP contribution is -2.33. The molecule has 1 amide bonds. The second-order valence-corrected chi connectivity index (χ2v) is 3.87. The van der Waals surface area contributed by atoms with Crippen LogP contribution in [0.4, 0.5) is 4.79 Å². The summed E-state index contributed by atoms with van der Waals surface area (Å²) in [4.78, 5) is 24.3. The number of methoxy groups -OCH3 is 1. The standard InChI is InChI=1S/C11H18N3O3/c1-12-7-8-14(9-12)11(16)13(2)6-4-5-10(15)17-3/h7-9H,4-6H2,1-3H3/q+1. The molecule has 0 aromatic carbocycles. The van der Waals surface area contributed by atoms with Crippen LogP contribution in [0.5, 0.6) is 0 Å². The molecule has 0 unspecified atom stereocenters. The Morgan fingerprint density at radius 3 is 2.71 bits per heavy atom. The highest BCUT2D eigenvalue weighted by Crippen LogP contribution is 1.98. The maximum atomic E-state index is 11.9. The van der Waals surface area contributed by atoms with Gasteiger partial charge in [-0.3, -0.25) is 4.79 Å². The van der Waals surface area contributed by atoms with E-state index in [9.17, 15) is 9.59 Å². The smallest absolute Gasteiger partial charge is 0.415 e. The summed E-state index contributed by atoms with van der Waals surface area (Å²) in [6.07, 6.45) is 6.11. The molecule has 0 bridgehead atoms. The maximum absolute atomic E-state index is 11.9. The molecule has 0 aliphatic heterocycles. The van der Waals surface area contributed by atoms with Gasteiger partial charge in [0, 0.05) is 20.0 Å². The molecular formula is C11H18N3O3+. The fourth-order valence-corrected chi connectivity index (χ4v) is 1.42. The molecule has 0 fully saturated rings. The van der Waals surface area contributed by atoms with E-state index in [1.807, 2.05) is 7.05 Å². The first-order valence-electron chi connectivity index (χ1n) is 5.40. The predicted molar refractivity (Wildman–Crippen MR) is 60.3 cm³/mol. The Morgan fingerprint density at radius 2 is 2.18 bits per heavy atom. The molecule has 0 spiro atoms. The summed E-state index contributed by atoms with van der Waals surface area (Å²) in [5.41, 5.74) is 0. The Bertz CT molecular complexity index is 400. The molecule has 1 aromatic rings. The van der Waals surface area contributed by atoms with Gasteiger partial charge in [0.05, 0.1) is 14.2 Å². The normalized spacial score (nSPS) is 10.1. The van der Waals surface area contributed by atoms with Gasteiger partial charge in [-0.05, 0) is 6.42 Å². The molecule has 6 heteroatoms. The van der Waals surface area contributed by atoms with Crippen LogP contribution in [-0.4, -0.2) is 42.2 Å². The zero-order valence-corrected chi connectivity index (χ0v) is 10.4. The van der Waals surface area contributed by atoms with Gasteiger partial charge in [-0.1, -0.05) is 0 Å². The first kappa shape index (κ1) is 13.2. The van der Waals surface area contributed by atoms with Crippen LogP contribution in [0, 0.1) is 0 Å². The SMILES string of the molecule is COC(=O)CCCN(C)C(=O)n1cc[n+](C)c1. The minimum absolute atomic E-state index is 0.115. The topological polar surface area (TPSA) is 55.4 Å². The number of rotatable bonds is 4. The van der Waals surface area contributed by atoms with Crippen molar-refractivity contribution in [3.8, 4) is 0 Å². The third kappa shape index (κ3) is 3.90. The van der Waals surface area contributed by atoms with Crippen molar-refractivity contribution >= 4 is 12.0 Å². The second-order valence-electron chi connectivity index (χ2n) is 3.87. The highest BCUT2D eigenvalue weighted by molar-refractivity contribution is 5.76. The number of nitrogens with zero attached hydrogens (tertiary/aromatic N) is 3. The van der Waals surface area contributed by atoms with Crippen molar-refractivity contribution in [2.24, 2.45) is 7.05 Å². The summed E-state index contributed by atoms with van der Waals surface area (Å²) in [5, 5.41) is 0. The molecule has 0 radical (unpaired) electrons. The Balaban J connectivity index is 2.40. The minimum Gasteiger partial charge on any atom is -0.469 e. The zero-order valence-electron chi connectivity index (χ0n) is 10.4. The molecule has 1 rings (SSSR count). The monoisotopic (exact) mass is 240 g/mol. The van der Waals surface area contributed by atoms with Gasteiger partial charge in [0.25, 0.3) is 6.33 Å². The number of aromatic nitrogens is 2. The van der Waals surface area contributed by atoms with Gasteiger partial charge < -0.3 is 9.64 Å². The molecule has 6 nitrogen and oxygen atoms in total. The van der Waals surface area contributed by atoms with E-state index < -0.39 is 0 Å². The molecule has 0 aliphatic carbocycles. The molecule has 0 saturated heterocycles. The summed E-state index contributed by atoms with van der Waals surface area (Å²) in [6, 6.07) is -0.115. The van der Waals surface area contributed by atoms with Crippen molar-refractivity contribution in [3.05, 3.63) is 18.7 Å². The van der Waals surface area contributed by atoms with Crippen LogP contribution >= 0.6 is 0 Å². The number of esters is 1. The first-order valence-corrected chi connectivity index (χ1v) is 5.40. The second kappa shape index (κ2) is 6.03. The van der Waals surface area contributed by atoms with Crippen molar-refractivity contribution in [2.45, 2.75) is 12.8 Å². The van der Waals surface area contributed by atoms with E-state index >= 15 is 0 Å². The van der Waals surface area contributed by atoms with Crippen LogP contribution in [0.1, 0.15) is 12.8 Å². The van der Waals surface area contributed by atoms with Gasteiger partial charge >= 0.3 is 12.0 Å². The number of carbonyl (C=O) groups excluding carboxylic acids is 2. The van der Waals surface area contributed by atoms with Crippen molar-refractivity contribution in [1.29, 1.82) is 0 Å². The minimum atomic E-state index is -0.252. The third-order valence-electron chi connectivity index (χ3n) is 2.42. The van der Waals surface area contributed by atoms with Crippen LogP contribution in [0.3, 0.4) is 0 Å². The lowest BCUT2D eigenvalue weighted by Gasteiger charge is -2.13. The molecule has 94 valence electrons. The predicted octanol–water partition coefficient (Wildman–Crippen LogP) is 0.166. The average Bonchev–Trinajstić information content (AvgIpc) is 2.74. The van der Waals surface area contributed by atoms with E-state index in [0.29, 0.717) is 19.4 Å². The van der Waals surface area contributed by atoms with E-state index in [0.717, 1.165) is 0 Å². The van der Waals surface area contributed by atoms with Gasteiger partial charge in [0.1, 0.15) is 12.4 Å². The molecule has 0 atom stereocenters. The van der Waals surface area contributed by atoms with Crippen molar-refractivity contribution in [3.63, 3.8) is 0 Å². The average molecular weight is 240 g/mol. The number of imidazole rings is 1. The maximum Gasteiger partial charge on any atom is 0.415 e.